The molecule has 1 aromatic carbocycles. The SMILES string of the molecule is C#CC[C@]1(C(=O)NC[C@@H](C[C@H](C)O)c2ccccc2)CCCN1C(=O)OC(C)(C)C. The summed E-state index contributed by atoms with van der Waals surface area (Å²) >= 11 is 0. The molecule has 0 spiro atoms. The number of hydrogen-bond acceptors (Lipinski definition) is 4. The van der Waals surface area contributed by atoms with Crippen LogP contribution < -0.4 is 5.32 Å². The summed E-state index contributed by atoms with van der Waals surface area (Å²) in [5.74, 6) is 2.27. The number of terminal acetylenes is 1. The van der Waals surface area contributed by atoms with Crippen LogP contribution in [0.1, 0.15) is 64.9 Å². The van der Waals surface area contributed by atoms with E-state index in [1.807, 2.05) is 30.3 Å². The summed E-state index contributed by atoms with van der Waals surface area (Å²) in [5, 5.41) is 12.9. The zero-order valence-electron chi connectivity index (χ0n) is 18.5. The van der Waals surface area contributed by atoms with Crippen LogP contribution in [-0.2, 0) is 9.53 Å². The molecule has 2 amide bonds. The minimum absolute atomic E-state index is 0.0468. The number of aliphatic hydroxyl groups excluding tert-OH is 1. The van der Waals surface area contributed by atoms with E-state index in [1.54, 1.807) is 27.7 Å². The van der Waals surface area contributed by atoms with Gasteiger partial charge in [-0.1, -0.05) is 30.3 Å². The molecule has 1 fully saturated rings. The number of benzene rings is 1. The highest BCUT2D eigenvalue weighted by Crippen LogP contribution is 2.34. The largest absolute Gasteiger partial charge is 0.444 e. The molecule has 0 radical (unpaired) electrons. The Hall–Kier alpha value is -2.52. The van der Waals surface area contributed by atoms with Crippen LogP contribution in [0.4, 0.5) is 4.79 Å². The summed E-state index contributed by atoms with van der Waals surface area (Å²) in [6, 6.07) is 9.78. The maximum absolute atomic E-state index is 13.3. The number of likely N-dealkylation sites (tertiary alicyclic amines) is 1. The number of nitrogens with zero attached hydrogens (tertiary/aromatic N) is 1. The number of amides is 2. The molecule has 1 aliphatic heterocycles. The van der Waals surface area contributed by atoms with Gasteiger partial charge in [-0.05, 0) is 52.5 Å². The van der Waals surface area contributed by atoms with Gasteiger partial charge in [-0.25, -0.2) is 4.79 Å². The lowest BCUT2D eigenvalue weighted by Crippen LogP contribution is -2.58. The fourth-order valence-electron chi connectivity index (χ4n) is 3.99. The van der Waals surface area contributed by atoms with Gasteiger partial charge < -0.3 is 15.2 Å². The summed E-state index contributed by atoms with van der Waals surface area (Å²) in [5.41, 5.74) is -0.725. The molecule has 1 saturated heterocycles. The monoisotopic (exact) mass is 414 g/mol. The predicted molar refractivity (Wildman–Crippen MR) is 117 cm³/mol. The first-order valence-electron chi connectivity index (χ1n) is 10.5. The van der Waals surface area contributed by atoms with Crippen molar-refractivity contribution in [1.29, 1.82) is 0 Å². The molecular weight excluding hydrogens is 380 g/mol. The minimum Gasteiger partial charge on any atom is -0.444 e. The Bertz CT molecular complexity index is 764. The molecule has 1 heterocycles. The highest BCUT2D eigenvalue weighted by atomic mass is 16.6. The van der Waals surface area contributed by atoms with Crippen molar-refractivity contribution in [3.05, 3.63) is 35.9 Å². The van der Waals surface area contributed by atoms with E-state index in [4.69, 9.17) is 11.2 Å². The molecule has 2 rings (SSSR count). The van der Waals surface area contributed by atoms with E-state index < -0.39 is 23.3 Å². The van der Waals surface area contributed by atoms with Crippen molar-refractivity contribution in [3.63, 3.8) is 0 Å². The molecule has 6 heteroatoms. The normalized spacial score (nSPS) is 20.9. The van der Waals surface area contributed by atoms with Gasteiger partial charge >= 0.3 is 6.09 Å². The van der Waals surface area contributed by atoms with E-state index in [1.165, 1.54) is 4.90 Å². The van der Waals surface area contributed by atoms with E-state index in [-0.39, 0.29) is 18.2 Å². The summed E-state index contributed by atoms with van der Waals surface area (Å²) in [4.78, 5) is 27.6. The van der Waals surface area contributed by atoms with Crippen LogP contribution >= 0.6 is 0 Å². The first-order valence-corrected chi connectivity index (χ1v) is 10.5. The van der Waals surface area contributed by atoms with Crippen LogP contribution in [-0.4, -0.2) is 52.3 Å². The average Bonchev–Trinajstić information content (AvgIpc) is 3.09. The summed E-state index contributed by atoms with van der Waals surface area (Å²) < 4.78 is 5.53. The molecule has 164 valence electrons. The van der Waals surface area contributed by atoms with Crippen LogP contribution in [0.15, 0.2) is 30.3 Å². The van der Waals surface area contributed by atoms with Gasteiger partial charge in [0.05, 0.1) is 6.10 Å². The Balaban J connectivity index is 2.19. The summed E-state index contributed by atoms with van der Waals surface area (Å²) in [7, 11) is 0. The second kappa shape index (κ2) is 9.99. The molecule has 0 bridgehead atoms. The molecule has 6 nitrogen and oxygen atoms in total. The number of hydrogen-bond donors (Lipinski definition) is 2. The fourth-order valence-corrected chi connectivity index (χ4v) is 3.99. The second-order valence-electron chi connectivity index (χ2n) is 9.05. The highest BCUT2D eigenvalue weighted by Gasteiger charge is 2.50. The molecule has 3 atom stereocenters. The molecule has 0 aliphatic carbocycles. The van der Waals surface area contributed by atoms with Crippen molar-refractivity contribution < 1.29 is 19.4 Å². The van der Waals surface area contributed by atoms with Crippen molar-refractivity contribution in [2.45, 2.75) is 76.5 Å². The van der Waals surface area contributed by atoms with E-state index in [0.29, 0.717) is 32.4 Å². The number of carbonyl (C=O) groups is 2. The molecule has 0 saturated carbocycles. The lowest BCUT2D eigenvalue weighted by atomic mass is 9.89. The fraction of sp³-hybridized carbons (Fsp3) is 0.583. The van der Waals surface area contributed by atoms with Gasteiger partial charge in [0.15, 0.2) is 0 Å². The number of ether oxygens (including phenoxy) is 1. The van der Waals surface area contributed by atoms with Crippen molar-refractivity contribution in [1.82, 2.24) is 10.2 Å². The number of carbonyl (C=O) groups excluding carboxylic acids is 2. The predicted octanol–water partition coefficient (Wildman–Crippen LogP) is 3.45. The van der Waals surface area contributed by atoms with Crippen LogP contribution in [0.2, 0.25) is 0 Å². The van der Waals surface area contributed by atoms with Gasteiger partial charge in [0.2, 0.25) is 5.91 Å². The standard InChI is InChI=1S/C24H34N2O4/c1-6-13-24(14-10-15-26(24)22(29)30-23(3,4)5)21(28)25-17-20(16-18(2)27)19-11-8-7-9-12-19/h1,7-9,11-12,18,20,27H,10,13-17H2,2-5H3,(H,25,28)/t18-,20+,24+/m0/s1. The zero-order valence-corrected chi connectivity index (χ0v) is 18.5. The minimum atomic E-state index is -1.11. The smallest absolute Gasteiger partial charge is 0.411 e. The Morgan fingerprint density at radius 1 is 1.33 bits per heavy atom. The lowest BCUT2D eigenvalue weighted by Gasteiger charge is -2.37. The Morgan fingerprint density at radius 3 is 2.57 bits per heavy atom. The molecule has 0 unspecified atom stereocenters. The topological polar surface area (TPSA) is 78.9 Å². The molecule has 1 aromatic rings. The van der Waals surface area contributed by atoms with Gasteiger partial charge in [-0.2, -0.15) is 0 Å². The maximum Gasteiger partial charge on any atom is 0.411 e. The van der Waals surface area contributed by atoms with Crippen molar-refractivity contribution in [3.8, 4) is 12.3 Å². The first-order chi connectivity index (χ1) is 14.1. The van der Waals surface area contributed by atoms with E-state index >= 15 is 0 Å². The number of rotatable bonds is 7. The maximum atomic E-state index is 13.3. The van der Waals surface area contributed by atoms with Crippen molar-refractivity contribution in [2.75, 3.05) is 13.1 Å². The van der Waals surface area contributed by atoms with Gasteiger partial charge in [-0.3, -0.25) is 9.69 Å². The summed E-state index contributed by atoms with van der Waals surface area (Å²) in [6.45, 7) is 7.90. The van der Waals surface area contributed by atoms with E-state index in [2.05, 4.69) is 11.2 Å². The lowest BCUT2D eigenvalue weighted by molar-refractivity contribution is -0.131. The highest BCUT2D eigenvalue weighted by molar-refractivity contribution is 5.91. The Kier molecular flexibility index (Phi) is 7.91. The van der Waals surface area contributed by atoms with Gasteiger partial charge in [-0.15, -0.1) is 12.3 Å². The third-order valence-corrected chi connectivity index (χ3v) is 5.33. The first kappa shape index (κ1) is 23.8. The Morgan fingerprint density at radius 2 is 2.00 bits per heavy atom. The number of nitrogens with one attached hydrogen (secondary N) is 1. The van der Waals surface area contributed by atoms with Gasteiger partial charge in [0.25, 0.3) is 0 Å². The van der Waals surface area contributed by atoms with Crippen molar-refractivity contribution >= 4 is 12.0 Å². The van der Waals surface area contributed by atoms with Gasteiger partial charge in [0, 0.05) is 25.4 Å². The number of aliphatic hydroxyl groups is 1. The summed E-state index contributed by atoms with van der Waals surface area (Å²) in [6.07, 6.45) is 6.39. The molecule has 0 aromatic heterocycles. The second-order valence-corrected chi connectivity index (χ2v) is 9.05. The quantitative estimate of drug-likeness (QED) is 0.670. The van der Waals surface area contributed by atoms with Crippen LogP contribution in [0, 0.1) is 12.3 Å². The molecular formula is C24H34N2O4. The van der Waals surface area contributed by atoms with Crippen LogP contribution in [0.25, 0.3) is 0 Å². The molecule has 30 heavy (non-hydrogen) atoms. The third kappa shape index (κ3) is 5.99. The molecule has 1 aliphatic rings. The van der Waals surface area contributed by atoms with Crippen LogP contribution in [0.5, 0.6) is 0 Å². The van der Waals surface area contributed by atoms with Gasteiger partial charge in [0.1, 0.15) is 11.1 Å². The van der Waals surface area contributed by atoms with E-state index in [0.717, 1.165) is 5.56 Å². The Labute approximate surface area is 180 Å². The van der Waals surface area contributed by atoms with E-state index in [9.17, 15) is 14.7 Å². The van der Waals surface area contributed by atoms with Crippen molar-refractivity contribution in [2.24, 2.45) is 0 Å². The van der Waals surface area contributed by atoms with Crippen LogP contribution in [0.3, 0.4) is 0 Å². The molecule has 2 N–H and O–H groups in total. The zero-order chi connectivity index (χ0) is 22.4. The average molecular weight is 415 g/mol. The third-order valence-electron chi connectivity index (χ3n) is 5.33.